The fourth-order valence-corrected chi connectivity index (χ4v) is 2.41. The fraction of sp³-hybridized carbons (Fsp3) is 0.727. The molecular formula is C11H20N2O2S. The molecule has 0 atom stereocenters. The molecule has 0 spiro atoms. The van der Waals surface area contributed by atoms with Gasteiger partial charge < -0.3 is 14.4 Å². The van der Waals surface area contributed by atoms with E-state index in [1.165, 1.54) is 0 Å². The second-order valence-corrected chi connectivity index (χ2v) is 5.37. The lowest BCUT2D eigenvalue weighted by atomic mass is 10.1. The highest BCUT2D eigenvalue weighted by Gasteiger charge is 2.16. The predicted octanol–water partition coefficient (Wildman–Crippen LogP) is 1.82. The van der Waals surface area contributed by atoms with Gasteiger partial charge in [0.25, 0.3) is 0 Å². The summed E-state index contributed by atoms with van der Waals surface area (Å²) in [6.45, 7) is 4.18. The number of aliphatic hydroxyl groups excluding tert-OH is 1. The van der Waals surface area contributed by atoms with Gasteiger partial charge in [-0.25, -0.2) is 4.98 Å². The maximum Gasteiger partial charge on any atom is 0.167 e. The van der Waals surface area contributed by atoms with Crippen LogP contribution in [-0.2, 0) is 18.4 Å². The minimum atomic E-state index is -0.0853. The first-order valence-corrected chi connectivity index (χ1v) is 6.28. The SMILES string of the molecule is COC(C)(C)CCSc1ncc(CO)n1C. The predicted molar refractivity (Wildman–Crippen MR) is 65.6 cm³/mol. The summed E-state index contributed by atoms with van der Waals surface area (Å²) in [7, 11) is 3.65. The zero-order valence-corrected chi connectivity index (χ0v) is 11.2. The van der Waals surface area contributed by atoms with E-state index in [1.54, 1.807) is 25.1 Å². The number of aliphatic hydroxyl groups is 1. The summed E-state index contributed by atoms with van der Waals surface area (Å²) in [6, 6.07) is 0. The van der Waals surface area contributed by atoms with Gasteiger partial charge in [-0.15, -0.1) is 0 Å². The van der Waals surface area contributed by atoms with Crippen LogP contribution in [0.1, 0.15) is 26.0 Å². The standard InChI is InChI=1S/C11H20N2O2S/c1-11(2,15-4)5-6-16-10-12-7-9(8-14)13(10)3/h7,14H,5-6,8H2,1-4H3. The maximum atomic E-state index is 9.03. The maximum absolute atomic E-state index is 9.03. The fourth-order valence-electron chi connectivity index (χ4n) is 1.20. The van der Waals surface area contributed by atoms with E-state index in [0.29, 0.717) is 0 Å². The first kappa shape index (κ1) is 13.5. The number of rotatable bonds is 6. The molecule has 4 nitrogen and oxygen atoms in total. The first-order chi connectivity index (χ1) is 7.50. The van der Waals surface area contributed by atoms with Gasteiger partial charge >= 0.3 is 0 Å². The van der Waals surface area contributed by atoms with Crippen molar-refractivity contribution >= 4 is 11.8 Å². The second-order valence-electron chi connectivity index (χ2n) is 4.31. The molecule has 0 aliphatic carbocycles. The monoisotopic (exact) mass is 244 g/mol. The Bertz CT molecular complexity index is 337. The van der Waals surface area contributed by atoms with Crippen molar-refractivity contribution in [3.8, 4) is 0 Å². The van der Waals surface area contributed by atoms with Crippen LogP contribution in [0.25, 0.3) is 0 Å². The smallest absolute Gasteiger partial charge is 0.167 e. The number of nitrogens with zero attached hydrogens (tertiary/aromatic N) is 2. The molecule has 0 saturated heterocycles. The van der Waals surface area contributed by atoms with Crippen molar-refractivity contribution in [2.45, 2.75) is 37.6 Å². The summed E-state index contributed by atoms with van der Waals surface area (Å²) in [5.41, 5.74) is 0.756. The van der Waals surface area contributed by atoms with Crippen LogP contribution >= 0.6 is 11.8 Å². The normalized spacial score (nSPS) is 12.1. The summed E-state index contributed by atoms with van der Waals surface area (Å²) in [4.78, 5) is 4.26. The van der Waals surface area contributed by atoms with Crippen LogP contribution in [0.5, 0.6) is 0 Å². The van der Waals surface area contributed by atoms with Crippen LogP contribution in [-0.4, -0.2) is 33.1 Å². The van der Waals surface area contributed by atoms with Crippen LogP contribution in [0.4, 0.5) is 0 Å². The number of methoxy groups -OCH3 is 1. The highest BCUT2D eigenvalue weighted by atomic mass is 32.2. The molecule has 0 radical (unpaired) electrons. The van der Waals surface area contributed by atoms with Crippen molar-refractivity contribution in [1.29, 1.82) is 0 Å². The van der Waals surface area contributed by atoms with Gasteiger partial charge in [-0.3, -0.25) is 0 Å². The lowest BCUT2D eigenvalue weighted by Gasteiger charge is -2.22. The van der Waals surface area contributed by atoms with E-state index in [-0.39, 0.29) is 12.2 Å². The number of ether oxygens (including phenoxy) is 1. The van der Waals surface area contributed by atoms with Crippen LogP contribution in [0, 0.1) is 0 Å². The molecule has 1 rings (SSSR count). The molecule has 0 saturated carbocycles. The van der Waals surface area contributed by atoms with Gasteiger partial charge in [-0.2, -0.15) is 0 Å². The minimum absolute atomic E-state index is 0.0353. The molecule has 1 N–H and O–H groups in total. The summed E-state index contributed by atoms with van der Waals surface area (Å²) < 4.78 is 7.27. The molecule has 0 fully saturated rings. The zero-order valence-electron chi connectivity index (χ0n) is 10.4. The highest BCUT2D eigenvalue weighted by Crippen LogP contribution is 2.22. The van der Waals surface area contributed by atoms with Crippen molar-refractivity contribution in [3.63, 3.8) is 0 Å². The summed E-state index contributed by atoms with van der Waals surface area (Å²) in [5, 5.41) is 9.98. The lowest BCUT2D eigenvalue weighted by Crippen LogP contribution is -2.23. The Balaban J connectivity index is 2.46. The number of thioether (sulfide) groups is 1. The minimum Gasteiger partial charge on any atom is -0.390 e. The van der Waals surface area contributed by atoms with Gasteiger partial charge in [-0.1, -0.05) is 11.8 Å². The number of hydrogen-bond acceptors (Lipinski definition) is 4. The molecule has 0 bridgehead atoms. The molecule has 0 unspecified atom stereocenters. The van der Waals surface area contributed by atoms with E-state index in [4.69, 9.17) is 9.84 Å². The first-order valence-electron chi connectivity index (χ1n) is 5.29. The molecule has 1 aromatic rings. The zero-order chi connectivity index (χ0) is 12.2. The molecule has 0 amide bonds. The van der Waals surface area contributed by atoms with E-state index >= 15 is 0 Å². The number of hydrogen-bond donors (Lipinski definition) is 1. The van der Waals surface area contributed by atoms with Gasteiger partial charge in [0.2, 0.25) is 0 Å². The molecular weight excluding hydrogens is 224 g/mol. The third-order valence-electron chi connectivity index (χ3n) is 2.69. The van der Waals surface area contributed by atoms with E-state index < -0.39 is 0 Å². The second kappa shape index (κ2) is 5.70. The molecule has 0 aromatic carbocycles. The Morgan fingerprint density at radius 1 is 1.56 bits per heavy atom. The van der Waals surface area contributed by atoms with Crippen molar-refractivity contribution in [3.05, 3.63) is 11.9 Å². The third kappa shape index (κ3) is 3.50. The lowest BCUT2D eigenvalue weighted by molar-refractivity contribution is 0.0206. The Hall–Kier alpha value is -0.520. The van der Waals surface area contributed by atoms with E-state index in [1.807, 2.05) is 11.6 Å². The Morgan fingerprint density at radius 2 is 2.25 bits per heavy atom. The van der Waals surface area contributed by atoms with Crippen molar-refractivity contribution in [2.24, 2.45) is 7.05 Å². The third-order valence-corrected chi connectivity index (χ3v) is 3.74. The molecule has 16 heavy (non-hydrogen) atoms. The van der Waals surface area contributed by atoms with Crippen LogP contribution < -0.4 is 0 Å². The Labute approximate surface area is 101 Å². The largest absolute Gasteiger partial charge is 0.390 e. The summed E-state index contributed by atoms with van der Waals surface area (Å²) >= 11 is 1.69. The summed E-state index contributed by atoms with van der Waals surface area (Å²) in [6.07, 6.45) is 2.68. The van der Waals surface area contributed by atoms with Crippen molar-refractivity contribution in [1.82, 2.24) is 9.55 Å². The van der Waals surface area contributed by atoms with Crippen molar-refractivity contribution in [2.75, 3.05) is 12.9 Å². The summed E-state index contributed by atoms with van der Waals surface area (Å²) in [5.74, 6) is 0.955. The van der Waals surface area contributed by atoms with Gasteiger partial charge in [-0.05, 0) is 20.3 Å². The molecule has 1 heterocycles. The molecule has 0 aliphatic rings. The highest BCUT2D eigenvalue weighted by molar-refractivity contribution is 7.99. The van der Waals surface area contributed by atoms with Crippen molar-refractivity contribution < 1.29 is 9.84 Å². The average molecular weight is 244 g/mol. The van der Waals surface area contributed by atoms with Gasteiger partial charge in [0.05, 0.1) is 24.1 Å². The van der Waals surface area contributed by atoms with Crippen LogP contribution in [0.15, 0.2) is 11.4 Å². The Kier molecular flexibility index (Phi) is 4.83. The van der Waals surface area contributed by atoms with Gasteiger partial charge in [0.1, 0.15) is 0 Å². The topological polar surface area (TPSA) is 47.3 Å². The molecule has 92 valence electrons. The molecule has 1 aromatic heterocycles. The van der Waals surface area contributed by atoms with E-state index in [0.717, 1.165) is 23.0 Å². The molecule has 0 aliphatic heterocycles. The van der Waals surface area contributed by atoms with Crippen LogP contribution in [0.3, 0.4) is 0 Å². The van der Waals surface area contributed by atoms with Gasteiger partial charge in [0, 0.05) is 19.9 Å². The van der Waals surface area contributed by atoms with E-state index in [2.05, 4.69) is 18.8 Å². The Morgan fingerprint density at radius 3 is 2.75 bits per heavy atom. The average Bonchev–Trinajstić information content (AvgIpc) is 2.60. The quantitative estimate of drug-likeness (QED) is 0.775. The van der Waals surface area contributed by atoms with E-state index in [9.17, 15) is 0 Å². The molecule has 5 heteroatoms. The van der Waals surface area contributed by atoms with Crippen LogP contribution in [0.2, 0.25) is 0 Å². The number of aromatic nitrogens is 2. The number of imidazole rings is 1. The van der Waals surface area contributed by atoms with Gasteiger partial charge in [0.15, 0.2) is 5.16 Å².